The molecule has 1 aliphatic heterocycles. The minimum atomic E-state index is -0.483. The lowest BCUT2D eigenvalue weighted by atomic mass is 10.1. The Kier molecular flexibility index (Phi) is 7.14. The summed E-state index contributed by atoms with van der Waals surface area (Å²) in [5.74, 6) is 0. The Labute approximate surface area is 179 Å². The van der Waals surface area contributed by atoms with Gasteiger partial charge in [-0.2, -0.15) is 0 Å². The second-order valence-electron chi connectivity index (χ2n) is 6.55. The molecular formula is C21H21Cl2N3O3. The molecule has 0 N–H and O–H groups in total. The summed E-state index contributed by atoms with van der Waals surface area (Å²) in [6.07, 6.45) is 5.01. The van der Waals surface area contributed by atoms with Crippen LogP contribution in [0.5, 0.6) is 0 Å². The van der Waals surface area contributed by atoms with Crippen molar-refractivity contribution in [3.05, 3.63) is 99.8 Å². The molecule has 2 unspecified atom stereocenters. The van der Waals surface area contributed by atoms with Gasteiger partial charge in [-0.1, -0.05) is 59.6 Å². The van der Waals surface area contributed by atoms with Gasteiger partial charge in [0, 0.05) is 29.1 Å². The summed E-state index contributed by atoms with van der Waals surface area (Å²) in [4.78, 5) is 14.8. The summed E-state index contributed by atoms with van der Waals surface area (Å²) >= 11 is 12.8. The van der Waals surface area contributed by atoms with Crippen LogP contribution < -0.4 is 0 Å². The minimum absolute atomic E-state index is 0.107. The van der Waals surface area contributed by atoms with Gasteiger partial charge in [0.1, 0.15) is 11.6 Å². The molecule has 152 valence electrons. The van der Waals surface area contributed by atoms with Crippen LogP contribution in [0.4, 0.5) is 5.69 Å². The van der Waals surface area contributed by atoms with Gasteiger partial charge in [0.15, 0.2) is 0 Å². The van der Waals surface area contributed by atoms with E-state index in [0.717, 1.165) is 5.56 Å². The molecule has 0 aliphatic carbocycles. The fourth-order valence-corrected chi connectivity index (χ4v) is 3.59. The molecule has 2 aromatic carbocycles. The van der Waals surface area contributed by atoms with Gasteiger partial charge in [-0.15, -0.1) is 6.58 Å². The zero-order chi connectivity index (χ0) is 20.8. The van der Waals surface area contributed by atoms with Gasteiger partial charge in [-0.05, 0) is 17.7 Å². The smallest absolute Gasteiger partial charge is 0.274 e. The molecule has 8 heteroatoms. The zero-order valence-corrected chi connectivity index (χ0v) is 17.2. The molecule has 0 aromatic heterocycles. The highest BCUT2D eigenvalue weighted by molar-refractivity contribution is 6.30. The number of hydrogen-bond acceptors (Lipinski definition) is 5. The maximum absolute atomic E-state index is 11.2. The summed E-state index contributed by atoms with van der Waals surface area (Å²) in [5.41, 5.74) is 1.17. The summed E-state index contributed by atoms with van der Waals surface area (Å²) < 4.78 is 5.92. The number of benzene rings is 2. The Morgan fingerprint density at radius 2 is 1.93 bits per heavy atom. The van der Waals surface area contributed by atoms with Gasteiger partial charge in [-0.3, -0.25) is 10.1 Å². The van der Waals surface area contributed by atoms with E-state index in [4.69, 9.17) is 27.9 Å². The lowest BCUT2D eigenvalue weighted by molar-refractivity contribution is -0.385. The number of nitro groups is 1. The number of alkyl halides is 1. The Balaban J connectivity index is 1.70. The molecule has 6 nitrogen and oxygen atoms in total. The van der Waals surface area contributed by atoms with Crippen LogP contribution in [0.2, 0.25) is 5.02 Å². The quantitative estimate of drug-likeness (QED) is 0.176. The maximum atomic E-state index is 11.2. The SMILES string of the molecule is C=CCOC(c1ccc(Cl)cc1)C(Cl)N1C=CN(Cc2ccccc2[N+](=O)[O-])C1. The fraction of sp³-hybridized carbons (Fsp3) is 0.238. The Hall–Kier alpha value is -2.54. The zero-order valence-electron chi connectivity index (χ0n) is 15.7. The van der Waals surface area contributed by atoms with Crippen molar-refractivity contribution in [1.29, 1.82) is 0 Å². The molecule has 3 rings (SSSR count). The van der Waals surface area contributed by atoms with Crippen molar-refractivity contribution in [2.24, 2.45) is 0 Å². The third kappa shape index (κ3) is 5.29. The van der Waals surface area contributed by atoms with Crippen LogP contribution in [-0.4, -0.2) is 33.5 Å². The first-order valence-electron chi connectivity index (χ1n) is 9.02. The van der Waals surface area contributed by atoms with Gasteiger partial charge in [0.2, 0.25) is 0 Å². The third-order valence-corrected chi connectivity index (χ3v) is 5.27. The lowest BCUT2D eigenvalue weighted by Crippen LogP contribution is -2.35. The van der Waals surface area contributed by atoms with E-state index in [1.165, 1.54) is 6.07 Å². The molecule has 0 fully saturated rings. The second-order valence-corrected chi connectivity index (χ2v) is 7.44. The van der Waals surface area contributed by atoms with Gasteiger partial charge < -0.3 is 14.5 Å². The molecule has 0 saturated heterocycles. The first-order chi connectivity index (χ1) is 14.0. The Morgan fingerprint density at radius 1 is 1.21 bits per heavy atom. The van der Waals surface area contributed by atoms with Crippen LogP contribution >= 0.6 is 23.2 Å². The predicted molar refractivity (Wildman–Crippen MR) is 114 cm³/mol. The predicted octanol–water partition coefficient (Wildman–Crippen LogP) is 5.30. The van der Waals surface area contributed by atoms with Crippen molar-refractivity contribution < 1.29 is 9.66 Å². The highest BCUT2D eigenvalue weighted by Crippen LogP contribution is 2.31. The second kappa shape index (κ2) is 9.78. The van der Waals surface area contributed by atoms with Crippen molar-refractivity contribution in [3.63, 3.8) is 0 Å². The Bertz CT molecular complexity index is 889. The van der Waals surface area contributed by atoms with E-state index in [-0.39, 0.29) is 10.6 Å². The van der Waals surface area contributed by atoms with Crippen LogP contribution in [0.1, 0.15) is 17.2 Å². The standard InChI is InChI=1S/C21H21Cl2N3O3/c1-2-13-29-20(16-7-9-18(22)10-8-16)21(23)25-12-11-24(15-25)14-17-5-3-4-6-19(17)26(27)28/h2-12,20-21H,1,13-15H2. The van der Waals surface area contributed by atoms with Gasteiger partial charge in [0.05, 0.1) is 24.7 Å². The number of ether oxygens (including phenoxy) is 1. The maximum Gasteiger partial charge on any atom is 0.274 e. The van der Waals surface area contributed by atoms with Crippen molar-refractivity contribution in [3.8, 4) is 0 Å². The molecule has 0 amide bonds. The van der Waals surface area contributed by atoms with Gasteiger partial charge >= 0.3 is 0 Å². The van der Waals surface area contributed by atoms with E-state index < -0.39 is 11.6 Å². The first-order valence-corrected chi connectivity index (χ1v) is 9.83. The van der Waals surface area contributed by atoms with E-state index >= 15 is 0 Å². The normalized spacial score (nSPS) is 15.4. The van der Waals surface area contributed by atoms with Crippen LogP contribution in [0.25, 0.3) is 0 Å². The molecule has 29 heavy (non-hydrogen) atoms. The summed E-state index contributed by atoms with van der Waals surface area (Å²) in [6.45, 7) is 4.95. The largest absolute Gasteiger partial charge is 0.366 e. The van der Waals surface area contributed by atoms with Crippen molar-refractivity contribution >= 4 is 28.9 Å². The summed E-state index contributed by atoms with van der Waals surface area (Å²) in [6, 6.07) is 14.1. The molecule has 0 saturated carbocycles. The monoisotopic (exact) mass is 433 g/mol. The molecule has 1 aliphatic rings. The first kappa shape index (κ1) is 21.2. The van der Waals surface area contributed by atoms with E-state index in [1.54, 1.807) is 36.4 Å². The molecule has 0 spiro atoms. The van der Waals surface area contributed by atoms with Gasteiger partial charge in [-0.25, -0.2) is 0 Å². The average molecular weight is 434 g/mol. The fourth-order valence-electron chi connectivity index (χ4n) is 3.12. The Morgan fingerprint density at radius 3 is 2.62 bits per heavy atom. The number of nitro benzene ring substituents is 1. The van der Waals surface area contributed by atoms with E-state index in [0.29, 0.717) is 30.4 Å². The number of halogens is 2. The molecule has 2 aromatic rings. The van der Waals surface area contributed by atoms with Crippen molar-refractivity contribution in [2.75, 3.05) is 13.3 Å². The number of rotatable bonds is 9. The molecule has 0 bridgehead atoms. The number of nitrogens with zero attached hydrogens (tertiary/aromatic N) is 3. The minimum Gasteiger partial charge on any atom is -0.366 e. The third-order valence-electron chi connectivity index (χ3n) is 4.53. The number of para-hydroxylation sites is 1. The number of hydrogen-bond donors (Lipinski definition) is 0. The topological polar surface area (TPSA) is 58.8 Å². The summed E-state index contributed by atoms with van der Waals surface area (Å²) in [5, 5.41) is 11.9. The van der Waals surface area contributed by atoms with Crippen molar-refractivity contribution in [2.45, 2.75) is 18.1 Å². The van der Waals surface area contributed by atoms with Crippen LogP contribution in [0.15, 0.2) is 73.6 Å². The van der Waals surface area contributed by atoms with E-state index in [2.05, 4.69) is 6.58 Å². The molecule has 1 heterocycles. The van der Waals surface area contributed by atoms with E-state index in [1.807, 2.05) is 34.3 Å². The molecule has 2 atom stereocenters. The highest BCUT2D eigenvalue weighted by atomic mass is 35.5. The van der Waals surface area contributed by atoms with E-state index in [9.17, 15) is 10.1 Å². The van der Waals surface area contributed by atoms with Crippen LogP contribution in [-0.2, 0) is 11.3 Å². The lowest BCUT2D eigenvalue weighted by Gasteiger charge is -2.31. The summed E-state index contributed by atoms with van der Waals surface area (Å²) in [7, 11) is 0. The molecule has 0 radical (unpaired) electrons. The van der Waals surface area contributed by atoms with Gasteiger partial charge in [0.25, 0.3) is 5.69 Å². The van der Waals surface area contributed by atoms with Crippen LogP contribution in [0, 0.1) is 10.1 Å². The molecular weight excluding hydrogens is 413 g/mol. The van der Waals surface area contributed by atoms with Crippen molar-refractivity contribution in [1.82, 2.24) is 9.80 Å². The highest BCUT2D eigenvalue weighted by Gasteiger charge is 2.29. The average Bonchev–Trinajstić information content (AvgIpc) is 3.18. The van der Waals surface area contributed by atoms with Crippen LogP contribution in [0.3, 0.4) is 0 Å².